The van der Waals surface area contributed by atoms with E-state index in [0.717, 1.165) is 31.4 Å². The number of carbonyl (C=O) groups excluding carboxylic acids is 1. The van der Waals surface area contributed by atoms with Gasteiger partial charge in [0.1, 0.15) is 0 Å². The molecule has 1 amide bonds. The first-order valence-electron chi connectivity index (χ1n) is 9.73. The summed E-state index contributed by atoms with van der Waals surface area (Å²) in [5, 5.41) is 2.92. The molecule has 1 heterocycles. The van der Waals surface area contributed by atoms with Crippen molar-refractivity contribution >= 4 is 21.6 Å². The second kappa shape index (κ2) is 10.1. The maximum Gasteiger partial charge on any atom is 0.224 e. The number of piperidine rings is 1. The van der Waals surface area contributed by atoms with Crippen molar-refractivity contribution in [1.29, 1.82) is 0 Å². The largest absolute Gasteiger partial charge is 0.326 e. The molecule has 1 aromatic carbocycles. The maximum absolute atomic E-state index is 12.3. The Labute approximate surface area is 158 Å². The molecule has 0 bridgehead atoms. The van der Waals surface area contributed by atoms with Gasteiger partial charge in [0.05, 0.1) is 5.75 Å². The number of carbonyl (C=O) groups is 1. The van der Waals surface area contributed by atoms with E-state index < -0.39 is 10.0 Å². The van der Waals surface area contributed by atoms with Crippen molar-refractivity contribution in [2.75, 3.05) is 24.2 Å². The molecule has 1 aromatic rings. The van der Waals surface area contributed by atoms with Crippen molar-refractivity contribution in [3.63, 3.8) is 0 Å². The molecule has 0 radical (unpaired) electrons. The average Bonchev–Trinajstić information content (AvgIpc) is 2.59. The Morgan fingerprint density at radius 2 is 1.88 bits per heavy atom. The molecule has 0 unspecified atom stereocenters. The second-order valence-electron chi connectivity index (χ2n) is 7.58. The van der Waals surface area contributed by atoms with E-state index in [1.165, 1.54) is 5.56 Å². The van der Waals surface area contributed by atoms with E-state index in [1.807, 2.05) is 18.2 Å². The Morgan fingerprint density at radius 3 is 2.58 bits per heavy atom. The molecule has 26 heavy (non-hydrogen) atoms. The SMILES string of the molecule is CC(C)Cc1cccc(NC(=O)CCCCS(=O)(=O)N2CCCCC2)c1. The molecule has 6 heteroatoms. The molecule has 146 valence electrons. The predicted octanol–water partition coefficient (Wildman–Crippen LogP) is 3.81. The van der Waals surface area contributed by atoms with Crippen LogP contribution in [-0.2, 0) is 21.2 Å². The van der Waals surface area contributed by atoms with Gasteiger partial charge in [0, 0.05) is 25.2 Å². The Hall–Kier alpha value is -1.40. The van der Waals surface area contributed by atoms with Crippen LogP contribution in [-0.4, -0.2) is 37.5 Å². The first-order chi connectivity index (χ1) is 12.4. The first kappa shape index (κ1) is 20.9. The molecule has 1 saturated heterocycles. The van der Waals surface area contributed by atoms with Crippen LogP contribution in [0.25, 0.3) is 0 Å². The van der Waals surface area contributed by atoms with Crippen molar-refractivity contribution < 1.29 is 13.2 Å². The predicted molar refractivity (Wildman–Crippen MR) is 107 cm³/mol. The number of amides is 1. The van der Waals surface area contributed by atoms with Gasteiger partial charge in [-0.2, -0.15) is 0 Å². The van der Waals surface area contributed by atoms with E-state index in [4.69, 9.17) is 0 Å². The lowest BCUT2D eigenvalue weighted by atomic mass is 10.0. The van der Waals surface area contributed by atoms with Gasteiger partial charge >= 0.3 is 0 Å². The highest BCUT2D eigenvalue weighted by atomic mass is 32.2. The molecule has 5 nitrogen and oxygen atoms in total. The van der Waals surface area contributed by atoms with Crippen molar-refractivity contribution in [2.45, 2.75) is 58.8 Å². The van der Waals surface area contributed by atoms with Crippen LogP contribution in [0, 0.1) is 5.92 Å². The fourth-order valence-corrected chi connectivity index (χ4v) is 4.95. The lowest BCUT2D eigenvalue weighted by Gasteiger charge is -2.25. The number of rotatable bonds is 9. The highest BCUT2D eigenvalue weighted by molar-refractivity contribution is 7.89. The van der Waals surface area contributed by atoms with Crippen molar-refractivity contribution in [3.8, 4) is 0 Å². The van der Waals surface area contributed by atoms with Crippen LogP contribution in [0.4, 0.5) is 5.69 Å². The van der Waals surface area contributed by atoms with E-state index in [0.29, 0.717) is 38.3 Å². The number of benzene rings is 1. The lowest BCUT2D eigenvalue weighted by molar-refractivity contribution is -0.116. The molecule has 1 fully saturated rings. The van der Waals surface area contributed by atoms with Gasteiger partial charge in [-0.1, -0.05) is 32.4 Å². The lowest BCUT2D eigenvalue weighted by Crippen LogP contribution is -2.37. The minimum atomic E-state index is -3.16. The molecule has 1 aliphatic rings. The van der Waals surface area contributed by atoms with E-state index in [-0.39, 0.29) is 11.7 Å². The number of nitrogens with zero attached hydrogens (tertiary/aromatic N) is 1. The van der Waals surface area contributed by atoms with Gasteiger partial charge < -0.3 is 5.32 Å². The van der Waals surface area contributed by atoms with Crippen LogP contribution in [0.5, 0.6) is 0 Å². The van der Waals surface area contributed by atoms with Crippen LogP contribution >= 0.6 is 0 Å². The van der Waals surface area contributed by atoms with Crippen molar-refractivity contribution in [1.82, 2.24) is 4.31 Å². The summed E-state index contributed by atoms with van der Waals surface area (Å²) in [5.41, 5.74) is 2.03. The highest BCUT2D eigenvalue weighted by Crippen LogP contribution is 2.16. The molecule has 1 N–H and O–H groups in total. The van der Waals surface area contributed by atoms with E-state index in [1.54, 1.807) is 4.31 Å². The molecular weight excluding hydrogens is 348 g/mol. The summed E-state index contributed by atoms with van der Waals surface area (Å²) in [5.74, 6) is 0.661. The van der Waals surface area contributed by atoms with Crippen LogP contribution in [0.2, 0.25) is 0 Å². The summed E-state index contributed by atoms with van der Waals surface area (Å²) >= 11 is 0. The third kappa shape index (κ3) is 7.08. The summed E-state index contributed by atoms with van der Waals surface area (Å²) < 4.78 is 26.2. The summed E-state index contributed by atoms with van der Waals surface area (Å²) in [6, 6.07) is 7.93. The van der Waals surface area contributed by atoms with Gasteiger partial charge in [-0.15, -0.1) is 0 Å². The highest BCUT2D eigenvalue weighted by Gasteiger charge is 2.23. The third-order valence-corrected chi connectivity index (χ3v) is 6.58. The van der Waals surface area contributed by atoms with Gasteiger partial charge in [0.2, 0.25) is 15.9 Å². The average molecular weight is 381 g/mol. The number of unbranched alkanes of at least 4 members (excludes halogenated alkanes) is 1. The van der Waals surface area contributed by atoms with Crippen LogP contribution in [0.15, 0.2) is 24.3 Å². The standard InChI is InChI=1S/C20H32N2O3S/c1-17(2)15-18-9-8-10-19(16-18)21-20(23)11-4-7-14-26(24,25)22-12-5-3-6-13-22/h8-10,16-17H,3-7,11-15H2,1-2H3,(H,21,23). The van der Waals surface area contributed by atoms with Gasteiger partial charge in [-0.3, -0.25) is 4.79 Å². The first-order valence-corrected chi connectivity index (χ1v) is 11.3. The fourth-order valence-electron chi connectivity index (χ4n) is 3.31. The molecule has 2 rings (SSSR count). The molecule has 0 aliphatic carbocycles. The molecule has 0 aromatic heterocycles. The zero-order valence-electron chi connectivity index (χ0n) is 16.0. The number of hydrogen-bond acceptors (Lipinski definition) is 3. The van der Waals surface area contributed by atoms with Gasteiger partial charge in [-0.25, -0.2) is 12.7 Å². The van der Waals surface area contributed by atoms with E-state index >= 15 is 0 Å². The molecule has 0 saturated carbocycles. The fraction of sp³-hybridized carbons (Fsp3) is 0.650. The van der Waals surface area contributed by atoms with Gasteiger partial charge in [0.15, 0.2) is 0 Å². The number of nitrogens with one attached hydrogen (secondary N) is 1. The molecule has 1 aliphatic heterocycles. The number of sulfonamides is 1. The summed E-state index contributed by atoms with van der Waals surface area (Å²) in [7, 11) is -3.16. The Balaban J connectivity index is 1.72. The monoisotopic (exact) mass is 380 g/mol. The summed E-state index contributed by atoms with van der Waals surface area (Å²) in [6.07, 6.45) is 5.48. The topological polar surface area (TPSA) is 66.5 Å². The summed E-state index contributed by atoms with van der Waals surface area (Å²) in [6.45, 7) is 5.64. The van der Waals surface area contributed by atoms with Gasteiger partial charge in [-0.05, 0) is 55.7 Å². The minimum absolute atomic E-state index is 0.0536. The van der Waals surface area contributed by atoms with E-state index in [9.17, 15) is 13.2 Å². The minimum Gasteiger partial charge on any atom is -0.326 e. The second-order valence-corrected chi connectivity index (χ2v) is 9.67. The number of anilines is 1. The zero-order chi connectivity index (χ0) is 19.0. The Morgan fingerprint density at radius 1 is 1.15 bits per heavy atom. The summed E-state index contributed by atoms with van der Waals surface area (Å²) in [4.78, 5) is 12.1. The smallest absolute Gasteiger partial charge is 0.224 e. The molecular formula is C20H32N2O3S. The zero-order valence-corrected chi connectivity index (χ0v) is 16.9. The maximum atomic E-state index is 12.3. The third-order valence-electron chi connectivity index (χ3n) is 4.62. The Kier molecular flexibility index (Phi) is 8.10. The van der Waals surface area contributed by atoms with Crippen molar-refractivity contribution in [3.05, 3.63) is 29.8 Å². The quantitative estimate of drug-likeness (QED) is 0.663. The van der Waals surface area contributed by atoms with Crippen LogP contribution < -0.4 is 5.32 Å². The molecule has 0 atom stereocenters. The van der Waals surface area contributed by atoms with Gasteiger partial charge in [0.25, 0.3) is 0 Å². The normalized spacial score (nSPS) is 16.0. The molecule has 0 spiro atoms. The number of hydrogen-bond donors (Lipinski definition) is 1. The Bertz CT molecular complexity index is 680. The van der Waals surface area contributed by atoms with E-state index in [2.05, 4.69) is 25.2 Å². The van der Waals surface area contributed by atoms with Crippen molar-refractivity contribution in [2.24, 2.45) is 5.92 Å². The van der Waals surface area contributed by atoms with Crippen LogP contribution in [0.1, 0.15) is 57.9 Å². The van der Waals surface area contributed by atoms with Crippen LogP contribution in [0.3, 0.4) is 0 Å².